The van der Waals surface area contributed by atoms with Gasteiger partial charge in [-0.05, 0) is 44.1 Å². The average molecular weight is 185 g/mol. The van der Waals surface area contributed by atoms with Gasteiger partial charge in [-0.1, -0.05) is 13.3 Å². The first-order valence-corrected chi connectivity index (χ1v) is 5.58. The zero-order valence-corrected chi connectivity index (χ0v) is 8.81. The summed E-state index contributed by atoms with van der Waals surface area (Å²) in [5.41, 5.74) is 0.608. The Kier molecular flexibility index (Phi) is 4.74. The molecule has 0 atom stereocenters. The highest BCUT2D eigenvalue weighted by atomic mass is 16.2. The molecule has 0 saturated heterocycles. The molecule has 0 amide bonds. The first-order chi connectivity index (χ1) is 6.27. The lowest BCUT2D eigenvalue weighted by atomic mass is 9.70. The molecule has 0 bridgehead atoms. The van der Waals surface area contributed by atoms with Gasteiger partial charge >= 0.3 is 0 Å². The number of nitrogens with one attached hydrogen (secondary N) is 1. The van der Waals surface area contributed by atoms with Crippen molar-refractivity contribution in [3.05, 3.63) is 0 Å². The highest BCUT2D eigenvalue weighted by Crippen LogP contribution is 2.39. The molecule has 0 spiro atoms. The van der Waals surface area contributed by atoms with Crippen LogP contribution in [0.2, 0.25) is 0 Å². The first kappa shape index (κ1) is 11.0. The van der Waals surface area contributed by atoms with Gasteiger partial charge in [0.25, 0.3) is 0 Å². The van der Waals surface area contributed by atoms with Crippen molar-refractivity contribution in [3.8, 4) is 0 Å². The van der Waals surface area contributed by atoms with E-state index in [0.717, 1.165) is 19.4 Å². The highest BCUT2D eigenvalue weighted by Gasteiger charge is 2.30. The standard InChI is InChI=1S/C11H23NO/c1-11(6-5-7-11)10-12-8-3-2-4-9-13/h12-13H,2-10H2,1H3. The Balaban J connectivity index is 1.83. The second kappa shape index (κ2) is 5.61. The van der Waals surface area contributed by atoms with Crippen molar-refractivity contribution in [1.29, 1.82) is 0 Å². The Hall–Kier alpha value is -0.0800. The number of hydrogen-bond donors (Lipinski definition) is 2. The van der Waals surface area contributed by atoms with Crippen molar-refractivity contribution in [2.45, 2.75) is 45.4 Å². The molecule has 0 aliphatic heterocycles. The van der Waals surface area contributed by atoms with Crippen LogP contribution in [0, 0.1) is 5.41 Å². The lowest BCUT2D eigenvalue weighted by Gasteiger charge is -2.38. The van der Waals surface area contributed by atoms with Crippen LogP contribution in [-0.4, -0.2) is 24.8 Å². The Morgan fingerprint density at radius 3 is 2.54 bits per heavy atom. The minimum Gasteiger partial charge on any atom is -0.396 e. The maximum absolute atomic E-state index is 8.58. The Morgan fingerprint density at radius 2 is 2.00 bits per heavy atom. The number of unbranched alkanes of at least 4 members (excludes halogenated alkanes) is 2. The summed E-state index contributed by atoms with van der Waals surface area (Å²) in [5.74, 6) is 0. The second-order valence-electron chi connectivity index (χ2n) is 4.63. The van der Waals surface area contributed by atoms with Gasteiger partial charge in [-0.3, -0.25) is 0 Å². The van der Waals surface area contributed by atoms with Gasteiger partial charge < -0.3 is 10.4 Å². The highest BCUT2D eigenvalue weighted by molar-refractivity contribution is 4.84. The van der Waals surface area contributed by atoms with Crippen molar-refractivity contribution in [1.82, 2.24) is 5.32 Å². The summed E-state index contributed by atoms with van der Waals surface area (Å²) >= 11 is 0. The summed E-state index contributed by atoms with van der Waals surface area (Å²) in [6.07, 6.45) is 7.53. The molecule has 1 aliphatic rings. The molecule has 13 heavy (non-hydrogen) atoms. The van der Waals surface area contributed by atoms with Crippen LogP contribution in [0.3, 0.4) is 0 Å². The van der Waals surface area contributed by atoms with E-state index in [1.165, 1.54) is 32.2 Å². The molecule has 0 aromatic heterocycles. The van der Waals surface area contributed by atoms with E-state index in [9.17, 15) is 0 Å². The molecule has 1 rings (SSSR count). The zero-order chi connectivity index (χ0) is 9.57. The molecule has 1 aliphatic carbocycles. The third-order valence-corrected chi connectivity index (χ3v) is 3.12. The first-order valence-electron chi connectivity index (χ1n) is 5.58. The summed E-state index contributed by atoms with van der Waals surface area (Å²) in [7, 11) is 0. The Labute approximate surface area is 81.7 Å². The summed E-state index contributed by atoms with van der Waals surface area (Å²) < 4.78 is 0. The van der Waals surface area contributed by atoms with Crippen LogP contribution in [0.4, 0.5) is 0 Å². The van der Waals surface area contributed by atoms with Crippen LogP contribution in [0.5, 0.6) is 0 Å². The van der Waals surface area contributed by atoms with Crippen molar-refractivity contribution in [3.63, 3.8) is 0 Å². The van der Waals surface area contributed by atoms with E-state index in [0.29, 0.717) is 12.0 Å². The molecule has 1 saturated carbocycles. The molecule has 0 aromatic rings. The van der Waals surface area contributed by atoms with Gasteiger partial charge in [0.2, 0.25) is 0 Å². The molecule has 2 nitrogen and oxygen atoms in total. The molecule has 0 heterocycles. The van der Waals surface area contributed by atoms with Gasteiger partial charge in [-0.15, -0.1) is 0 Å². The van der Waals surface area contributed by atoms with Crippen LogP contribution in [0.15, 0.2) is 0 Å². The summed E-state index contributed by atoms with van der Waals surface area (Å²) in [6.45, 7) is 5.02. The largest absolute Gasteiger partial charge is 0.396 e. The van der Waals surface area contributed by atoms with Gasteiger partial charge in [-0.2, -0.15) is 0 Å². The zero-order valence-electron chi connectivity index (χ0n) is 8.81. The van der Waals surface area contributed by atoms with E-state index in [4.69, 9.17) is 5.11 Å². The van der Waals surface area contributed by atoms with Crippen LogP contribution < -0.4 is 5.32 Å². The minimum atomic E-state index is 0.345. The van der Waals surface area contributed by atoms with E-state index in [1.54, 1.807) is 0 Å². The molecule has 0 unspecified atom stereocenters. The molecule has 0 radical (unpaired) electrons. The molecular weight excluding hydrogens is 162 g/mol. The smallest absolute Gasteiger partial charge is 0.0431 e. The predicted molar refractivity (Wildman–Crippen MR) is 55.8 cm³/mol. The van der Waals surface area contributed by atoms with Crippen molar-refractivity contribution in [2.24, 2.45) is 5.41 Å². The Morgan fingerprint density at radius 1 is 1.23 bits per heavy atom. The maximum atomic E-state index is 8.58. The van der Waals surface area contributed by atoms with Gasteiger partial charge in [0.15, 0.2) is 0 Å². The minimum absolute atomic E-state index is 0.345. The van der Waals surface area contributed by atoms with E-state index in [1.807, 2.05) is 0 Å². The third kappa shape index (κ3) is 4.10. The van der Waals surface area contributed by atoms with E-state index in [2.05, 4.69) is 12.2 Å². The lowest BCUT2D eigenvalue weighted by Crippen LogP contribution is -2.37. The summed E-state index contributed by atoms with van der Waals surface area (Å²) in [5, 5.41) is 12.1. The Bertz CT molecular complexity index is 132. The monoisotopic (exact) mass is 185 g/mol. The molecule has 2 N–H and O–H groups in total. The van der Waals surface area contributed by atoms with E-state index >= 15 is 0 Å². The van der Waals surface area contributed by atoms with Crippen molar-refractivity contribution < 1.29 is 5.11 Å². The van der Waals surface area contributed by atoms with Crippen LogP contribution >= 0.6 is 0 Å². The number of rotatable bonds is 7. The fourth-order valence-corrected chi connectivity index (χ4v) is 1.89. The van der Waals surface area contributed by atoms with Crippen LogP contribution in [0.1, 0.15) is 45.4 Å². The fraction of sp³-hybridized carbons (Fsp3) is 1.00. The SMILES string of the molecule is CC1(CNCCCCCO)CCC1. The van der Waals surface area contributed by atoms with E-state index in [-0.39, 0.29) is 0 Å². The summed E-state index contributed by atoms with van der Waals surface area (Å²) in [4.78, 5) is 0. The van der Waals surface area contributed by atoms with Crippen LogP contribution in [0.25, 0.3) is 0 Å². The van der Waals surface area contributed by atoms with Gasteiger partial charge in [0.05, 0.1) is 0 Å². The molecule has 78 valence electrons. The maximum Gasteiger partial charge on any atom is 0.0431 e. The fourth-order valence-electron chi connectivity index (χ4n) is 1.89. The van der Waals surface area contributed by atoms with Gasteiger partial charge in [0.1, 0.15) is 0 Å². The summed E-state index contributed by atoms with van der Waals surface area (Å²) in [6, 6.07) is 0. The van der Waals surface area contributed by atoms with E-state index < -0.39 is 0 Å². The molecule has 1 fully saturated rings. The number of aliphatic hydroxyl groups is 1. The van der Waals surface area contributed by atoms with Gasteiger partial charge in [-0.25, -0.2) is 0 Å². The normalized spacial score (nSPS) is 19.8. The topological polar surface area (TPSA) is 32.3 Å². The second-order valence-corrected chi connectivity index (χ2v) is 4.63. The number of aliphatic hydroxyl groups excluding tert-OH is 1. The van der Waals surface area contributed by atoms with Crippen LogP contribution in [-0.2, 0) is 0 Å². The number of hydrogen-bond acceptors (Lipinski definition) is 2. The van der Waals surface area contributed by atoms with Crippen molar-refractivity contribution >= 4 is 0 Å². The quantitative estimate of drug-likeness (QED) is 0.594. The predicted octanol–water partition coefficient (Wildman–Crippen LogP) is 1.93. The molecule has 0 aromatic carbocycles. The van der Waals surface area contributed by atoms with Crippen molar-refractivity contribution in [2.75, 3.05) is 19.7 Å². The average Bonchev–Trinajstić information content (AvgIpc) is 2.08. The van der Waals surface area contributed by atoms with Gasteiger partial charge in [0, 0.05) is 13.2 Å². The lowest BCUT2D eigenvalue weighted by molar-refractivity contribution is 0.157. The molecule has 2 heteroatoms. The molecular formula is C11H23NO. The third-order valence-electron chi connectivity index (χ3n) is 3.12.